The first-order valence-electron chi connectivity index (χ1n) is 7.67. The number of likely N-dealkylation sites (tertiary alicyclic amines) is 1. The van der Waals surface area contributed by atoms with E-state index in [-0.39, 0.29) is 6.04 Å². The lowest BCUT2D eigenvalue weighted by Gasteiger charge is -2.31. The number of benzene rings is 1. The van der Waals surface area contributed by atoms with Crippen molar-refractivity contribution >= 4 is 5.84 Å². The Hall–Kier alpha value is -1.55. The van der Waals surface area contributed by atoms with Gasteiger partial charge in [-0.05, 0) is 29.9 Å². The Kier molecular flexibility index (Phi) is 4.88. The Bertz CT molecular complexity index is 479. The van der Waals surface area contributed by atoms with Crippen LogP contribution in [-0.2, 0) is 0 Å². The van der Waals surface area contributed by atoms with Crippen LogP contribution in [0.25, 0.3) is 0 Å². The monoisotopic (exact) mass is 289 g/mol. The Labute approximate surface area is 127 Å². The summed E-state index contributed by atoms with van der Waals surface area (Å²) < 4.78 is 0. The summed E-state index contributed by atoms with van der Waals surface area (Å²) in [6.07, 6.45) is 1.78. The molecule has 4 heteroatoms. The van der Waals surface area contributed by atoms with Gasteiger partial charge in [0, 0.05) is 19.0 Å². The highest BCUT2D eigenvalue weighted by atomic mass is 16.4. The zero-order valence-corrected chi connectivity index (χ0v) is 13.3. The minimum Gasteiger partial charge on any atom is -0.409 e. The highest BCUT2D eigenvalue weighted by molar-refractivity contribution is 5.80. The van der Waals surface area contributed by atoms with Gasteiger partial charge < -0.3 is 10.9 Å². The number of hydrogen-bond acceptors (Lipinski definition) is 3. The molecule has 1 fully saturated rings. The number of amidine groups is 1. The van der Waals surface area contributed by atoms with Crippen LogP contribution in [0.3, 0.4) is 0 Å². The van der Waals surface area contributed by atoms with Crippen LogP contribution in [0.2, 0.25) is 0 Å². The van der Waals surface area contributed by atoms with E-state index >= 15 is 0 Å². The zero-order valence-electron chi connectivity index (χ0n) is 13.3. The van der Waals surface area contributed by atoms with Gasteiger partial charge in [0.05, 0.1) is 0 Å². The van der Waals surface area contributed by atoms with E-state index in [0.29, 0.717) is 23.6 Å². The van der Waals surface area contributed by atoms with E-state index in [1.165, 1.54) is 12.0 Å². The lowest BCUT2D eigenvalue weighted by atomic mass is 9.80. The first-order valence-corrected chi connectivity index (χ1v) is 7.67. The minimum atomic E-state index is 0.189. The van der Waals surface area contributed by atoms with E-state index in [2.05, 4.69) is 43.0 Å². The Morgan fingerprint density at radius 3 is 2.57 bits per heavy atom. The van der Waals surface area contributed by atoms with Gasteiger partial charge in [0.1, 0.15) is 5.84 Å². The molecule has 0 saturated carbocycles. The van der Waals surface area contributed by atoms with E-state index in [9.17, 15) is 0 Å². The molecule has 0 aromatic heterocycles. The molecule has 0 spiro atoms. The summed E-state index contributed by atoms with van der Waals surface area (Å²) >= 11 is 0. The van der Waals surface area contributed by atoms with E-state index in [1.54, 1.807) is 0 Å². The molecule has 1 aliphatic rings. The van der Waals surface area contributed by atoms with E-state index in [4.69, 9.17) is 10.9 Å². The largest absolute Gasteiger partial charge is 0.409 e. The molecule has 1 aliphatic heterocycles. The Balaban J connectivity index is 2.17. The van der Waals surface area contributed by atoms with Gasteiger partial charge in [-0.3, -0.25) is 4.90 Å². The Morgan fingerprint density at radius 1 is 1.38 bits per heavy atom. The van der Waals surface area contributed by atoms with Crippen molar-refractivity contribution in [1.82, 2.24) is 4.90 Å². The second kappa shape index (κ2) is 6.48. The predicted octanol–water partition coefficient (Wildman–Crippen LogP) is 3.23. The van der Waals surface area contributed by atoms with Crippen molar-refractivity contribution in [2.75, 3.05) is 13.1 Å². The van der Waals surface area contributed by atoms with E-state index in [0.717, 1.165) is 13.1 Å². The molecule has 1 heterocycles. The van der Waals surface area contributed by atoms with Gasteiger partial charge in [0.2, 0.25) is 0 Å². The smallest absolute Gasteiger partial charge is 0.141 e. The first-order chi connectivity index (χ1) is 9.91. The van der Waals surface area contributed by atoms with Gasteiger partial charge in [-0.1, -0.05) is 56.3 Å². The maximum Gasteiger partial charge on any atom is 0.141 e. The summed E-state index contributed by atoms with van der Waals surface area (Å²) in [5, 5.41) is 12.1. The highest BCUT2D eigenvalue weighted by Gasteiger charge is 2.35. The van der Waals surface area contributed by atoms with Gasteiger partial charge in [-0.25, -0.2) is 0 Å². The third kappa shape index (κ3) is 3.97. The van der Waals surface area contributed by atoms with Crippen molar-refractivity contribution in [2.45, 2.75) is 39.7 Å². The van der Waals surface area contributed by atoms with Crippen molar-refractivity contribution < 1.29 is 5.21 Å². The topological polar surface area (TPSA) is 61.8 Å². The molecular formula is C17H27N3O. The molecule has 0 amide bonds. The van der Waals surface area contributed by atoms with Crippen LogP contribution in [-0.4, -0.2) is 29.0 Å². The van der Waals surface area contributed by atoms with Gasteiger partial charge >= 0.3 is 0 Å². The SMILES string of the molecule is CC(C)(C)C1CCN(C(C/C(N)=N/O)c2ccccc2)C1. The molecular weight excluding hydrogens is 262 g/mol. The lowest BCUT2D eigenvalue weighted by Crippen LogP contribution is -2.32. The molecule has 21 heavy (non-hydrogen) atoms. The fourth-order valence-electron chi connectivity index (χ4n) is 3.15. The molecule has 116 valence electrons. The molecule has 3 N–H and O–H groups in total. The molecule has 2 unspecified atom stereocenters. The zero-order chi connectivity index (χ0) is 15.5. The predicted molar refractivity (Wildman–Crippen MR) is 86.3 cm³/mol. The molecule has 0 radical (unpaired) electrons. The number of nitrogens with two attached hydrogens (primary N) is 1. The lowest BCUT2D eigenvalue weighted by molar-refractivity contribution is 0.196. The third-order valence-corrected chi connectivity index (χ3v) is 4.60. The molecule has 1 saturated heterocycles. The maximum atomic E-state index is 8.90. The fraction of sp³-hybridized carbons (Fsp3) is 0.588. The van der Waals surface area contributed by atoms with Crippen LogP contribution >= 0.6 is 0 Å². The highest BCUT2D eigenvalue weighted by Crippen LogP contribution is 2.38. The standard InChI is InChI=1S/C17H27N3O/c1-17(2,3)14-9-10-20(12-14)15(11-16(18)19-21)13-7-5-4-6-8-13/h4-8,14-15,21H,9-12H2,1-3H3,(H2,18,19). The summed E-state index contributed by atoms with van der Waals surface area (Å²) in [7, 11) is 0. The molecule has 2 rings (SSSR count). The molecule has 2 atom stereocenters. The normalized spacial score (nSPS) is 22.4. The van der Waals surface area contributed by atoms with Crippen LogP contribution < -0.4 is 5.73 Å². The van der Waals surface area contributed by atoms with Crippen molar-refractivity contribution in [3.8, 4) is 0 Å². The van der Waals surface area contributed by atoms with Crippen molar-refractivity contribution in [1.29, 1.82) is 0 Å². The van der Waals surface area contributed by atoms with Gasteiger partial charge in [0.25, 0.3) is 0 Å². The van der Waals surface area contributed by atoms with Crippen LogP contribution in [0.15, 0.2) is 35.5 Å². The quantitative estimate of drug-likeness (QED) is 0.387. The molecule has 1 aromatic rings. The molecule has 1 aromatic carbocycles. The number of hydrogen-bond donors (Lipinski definition) is 2. The summed E-state index contributed by atoms with van der Waals surface area (Å²) in [5.41, 5.74) is 7.33. The second-order valence-corrected chi connectivity index (χ2v) is 7.07. The summed E-state index contributed by atoms with van der Waals surface area (Å²) in [6.45, 7) is 9.06. The maximum absolute atomic E-state index is 8.90. The van der Waals surface area contributed by atoms with Gasteiger partial charge in [-0.15, -0.1) is 0 Å². The summed E-state index contributed by atoms with van der Waals surface area (Å²) in [5.74, 6) is 0.985. The van der Waals surface area contributed by atoms with Crippen molar-refractivity contribution in [3.05, 3.63) is 35.9 Å². The van der Waals surface area contributed by atoms with E-state index < -0.39 is 0 Å². The van der Waals surface area contributed by atoms with Crippen LogP contribution in [0.4, 0.5) is 0 Å². The average Bonchev–Trinajstić information content (AvgIpc) is 2.95. The van der Waals surface area contributed by atoms with Gasteiger partial charge in [-0.2, -0.15) is 0 Å². The van der Waals surface area contributed by atoms with Crippen LogP contribution in [0, 0.1) is 11.3 Å². The number of oxime groups is 1. The summed E-state index contributed by atoms with van der Waals surface area (Å²) in [6, 6.07) is 10.6. The van der Waals surface area contributed by atoms with Crippen LogP contribution in [0.5, 0.6) is 0 Å². The first kappa shape index (κ1) is 15.8. The molecule has 0 bridgehead atoms. The van der Waals surface area contributed by atoms with Crippen molar-refractivity contribution in [2.24, 2.45) is 22.2 Å². The third-order valence-electron chi connectivity index (χ3n) is 4.60. The Morgan fingerprint density at radius 2 is 2.05 bits per heavy atom. The van der Waals surface area contributed by atoms with Gasteiger partial charge in [0.15, 0.2) is 0 Å². The van der Waals surface area contributed by atoms with Crippen LogP contribution in [0.1, 0.15) is 45.2 Å². The average molecular weight is 289 g/mol. The van der Waals surface area contributed by atoms with Crippen molar-refractivity contribution in [3.63, 3.8) is 0 Å². The van der Waals surface area contributed by atoms with E-state index in [1.807, 2.05) is 18.2 Å². The number of rotatable bonds is 4. The molecule has 4 nitrogen and oxygen atoms in total. The fourth-order valence-corrected chi connectivity index (χ4v) is 3.15. The molecule has 0 aliphatic carbocycles. The summed E-state index contributed by atoms with van der Waals surface area (Å²) in [4.78, 5) is 2.48. The minimum absolute atomic E-state index is 0.189. The number of nitrogens with zero attached hydrogens (tertiary/aromatic N) is 2. The second-order valence-electron chi connectivity index (χ2n) is 7.07.